The molecule has 2 fully saturated rings. The van der Waals surface area contributed by atoms with Crippen molar-refractivity contribution in [1.82, 2.24) is 15.1 Å². The summed E-state index contributed by atoms with van der Waals surface area (Å²) in [6.07, 6.45) is 2.86. The molecule has 5 nitrogen and oxygen atoms in total. The maximum atomic E-state index is 13.9. The molecule has 2 aliphatic heterocycles. The smallest absolute Gasteiger partial charge is 0.322 e. The number of piperidine rings is 1. The molecule has 0 aliphatic carbocycles. The van der Waals surface area contributed by atoms with Gasteiger partial charge in [-0.1, -0.05) is 49.2 Å². The van der Waals surface area contributed by atoms with E-state index < -0.39 is 11.6 Å². The summed E-state index contributed by atoms with van der Waals surface area (Å²) in [4.78, 5) is 30.0. The van der Waals surface area contributed by atoms with Gasteiger partial charge in [-0.15, -0.1) is 5.92 Å². The molecule has 0 bridgehead atoms. The summed E-state index contributed by atoms with van der Waals surface area (Å²) in [5.41, 5.74) is 2.24. The van der Waals surface area contributed by atoms with Crippen LogP contribution < -0.4 is 5.32 Å². The molecule has 34 heavy (non-hydrogen) atoms. The molecule has 2 aromatic rings. The molecule has 2 aromatic carbocycles. The summed E-state index contributed by atoms with van der Waals surface area (Å²) in [7, 11) is 0. The second-order valence-electron chi connectivity index (χ2n) is 9.25. The van der Waals surface area contributed by atoms with Crippen molar-refractivity contribution in [2.45, 2.75) is 51.6 Å². The highest BCUT2D eigenvalue weighted by Gasteiger charge is 2.55. The largest absolute Gasteiger partial charge is 0.325 e. The quantitative estimate of drug-likeness (QED) is 0.498. The van der Waals surface area contributed by atoms with Gasteiger partial charge in [0.25, 0.3) is 5.91 Å². The normalized spacial score (nSPS) is 21.3. The zero-order valence-corrected chi connectivity index (χ0v) is 19.9. The molecule has 3 amide bonds. The number of nitrogens with one attached hydrogen (secondary N) is 1. The first-order valence-corrected chi connectivity index (χ1v) is 12.0. The van der Waals surface area contributed by atoms with E-state index in [0.717, 1.165) is 38.9 Å². The summed E-state index contributed by atoms with van der Waals surface area (Å²) in [6.45, 7) is 6.44. The predicted molar refractivity (Wildman–Crippen MR) is 130 cm³/mol. The van der Waals surface area contributed by atoms with E-state index in [9.17, 15) is 14.0 Å². The molecular weight excluding hydrogens is 429 g/mol. The highest BCUT2D eigenvalue weighted by molar-refractivity contribution is 6.07. The van der Waals surface area contributed by atoms with Crippen LogP contribution in [0.4, 0.5) is 9.18 Å². The standard InChI is InChI=1S/C28H32FN3O2/c1-3-5-15-32-26(33)28(30-27(32)34,19-23-7-6-8-25(29)18-23)24-13-16-31(17-14-24)20-22-11-9-21(4-2)10-12-22/h6-12,18,24H,4,13-17,19-20H2,1-2H3,(H,30,34). The van der Waals surface area contributed by atoms with E-state index in [4.69, 9.17) is 0 Å². The number of urea groups is 1. The van der Waals surface area contributed by atoms with Gasteiger partial charge in [-0.3, -0.25) is 14.6 Å². The second kappa shape index (κ2) is 10.4. The van der Waals surface area contributed by atoms with Gasteiger partial charge < -0.3 is 5.32 Å². The minimum absolute atomic E-state index is 0.0366. The van der Waals surface area contributed by atoms with Gasteiger partial charge in [0, 0.05) is 13.0 Å². The van der Waals surface area contributed by atoms with E-state index in [1.54, 1.807) is 13.0 Å². The minimum Gasteiger partial charge on any atom is -0.322 e. The van der Waals surface area contributed by atoms with Gasteiger partial charge in [0.15, 0.2) is 0 Å². The van der Waals surface area contributed by atoms with Gasteiger partial charge in [0.05, 0.1) is 6.54 Å². The Balaban J connectivity index is 1.52. The van der Waals surface area contributed by atoms with E-state index in [0.29, 0.717) is 5.56 Å². The van der Waals surface area contributed by atoms with Crippen LogP contribution in [0.2, 0.25) is 0 Å². The number of benzene rings is 2. The van der Waals surface area contributed by atoms with Gasteiger partial charge in [-0.2, -0.15) is 0 Å². The van der Waals surface area contributed by atoms with Crippen molar-refractivity contribution in [3.05, 3.63) is 71.0 Å². The Bertz CT molecular complexity index is 1100. The van der Waals surface area contributed by atoms with Gasteiger partial charge >= 0.3 is 6.03 Å². The number of hydrogen-bond acceptors (Lipinski definition) is 3. The Morgan fingerprint density at radius 2 is 1.76 bits per heavy atom. The number of imide groups is 1. The third-order valence-electron chi connectivity index (χ3n) is 7.11. The molecule has 4 rings (SSSR count). The van der Waals surface area contributed by atoms with Crippen LogP contribution in [-0.2, 0) is 24.2 Å². The van der Waals surface area contributed by atoms with Crippen LogP contribution >= 0.6 is 0 Å². The summed E-state index contributed by atoms with van der Waals surface area (Å²) < 4.78 is 13.9. The average molecular weight is 462 g/mol. The molecule has 0 aromatic heterocycles. The van der Waals surface area contributed by atoms with Crippen LogP contribution in [0.5, 0.6) is 0 Å². The molecule has 2 saturated heterocycles. The summed E-state index contributed by atoms with van der Waals surface area (Å²) in [5.74, 6) is 4.96. The molecule has 6 heteroatoms. The summed E-state index contributed by atoms with van der Waals surface area (Å²) in [6, 6.07) is 14.6. The van der Waals surface area contributed by atoms with Crippen molar-refractivity contribution in [3.8, 4) is 11.8 Å². The van der Waals surface area contributed by atoms with Crippen LogP contribution in [0.1, 0.15) is 43.4 Å². The van der Waals surface area contributed by atoms with Gasteiger partial charge in [-0.25, -0.2) is 9.18 Å². The number of likely N-dealkylation sites (tertiary alicyclic amines) is 1. The molecule has 1 atom stereocenters. The first-order valence-electron chi connectivity index (χ1n) is 12.0. The first kappa shape index (κ1) is 24.0. The number of amides is 3. The number of carbonyl (C=O) groups excluding carboxylic acids is 2. The summed E-state index contributed by atoms with van der Waals surface area (Å²) in [5, 5.41) is 3.02. The molecule has 2 heterocycles. The predicted octanol–water partition coefficient (Wildman–Crippen LogP) is 4.16. The van der Waals surface area contributed by atoms with Crippen LogP contribution in [0.25, 0.3) is 0 Å². The Morgan fingerprint density at radius 3 is 2.41 bits per heavy atom. The number of nitrogens with zero attached hydrogens (tertiary/aromatic N) is 2. The van der Waals surface area contributed by atoms with Crippen molar-refractivity contribution in [2.75, 3.05) is 19.6 Å². The Labute approximate surface area is 201 Å². The fourth-order valence-corrected chi connectivity index (χ4v) is 5.18. The van der Waals surface area contributed by atoms with Crippen molar-refractivity contribution in [3.63, 3.8) is 0 Å². The molecular formula is C28H32FN3O2. The van der Waals surface area contributed by atoms with Crippen LogP contribution in [-0.4, -0.2) is 46.9 Å². The lowest BCUT2D eigenvalue weighted by Gasteiger charge is -2.41. The minimum atomic E-state index is -1.07. The van der Waals surface area contributed by atoms with Gasteiger partial charge in [-0.05, 0) is 74.0 Å². The van der Waals surface area contributed by atoms with Crippen molar-refractivity contribution in [2.24, 2.45) is 5.92 Å². The number of halogens is 1. The van der Waals surface area contributed by atoms with Crippen molar-refractivity contribution >= 4 is 11.9 Å². The number of hydrogen-bond donors (Lipinski definition) is 1. The third-order valence-corrected chi connectivity index (χ3v) is 7.11. The zero-order chi connectivity index (χ0) is 24.1. The molecule has 0 spiro atoms. The zero-order valence-electron chi connectivity index (χ0n) is 19.9. The SMILES string of the molecule is CC#CCN1C(=O)NC(Cc2cccc(F)c2)(C2CCN(Cc3ccc(CC)cc3)CC2)C1=O. The fourth-order valence-electron chi connectivity index (χ4n) is 5.18. The lowest BCUT2D eigenvalue weighted by Crippen LogP contribution is -2.57. The second-order valence-corrected chi connectivity index (χ2v) is 9.25. The Kier molecular flexibility index (Phi) is 7.33. The van der Waals surface area contributed by atoms with Gasteiger partial charge in [0.2, 0.25) is 0 Å². The van der Waals surface area contributed by atoms with Crippen LogP contribution in [0, 0.1) is 23.6 Å². The highest BCUT2D eigenvalue weighted by atomic mass is 19.1. The third kappa shape index (κ3) is 5.00. The van der Waals surface area contributed by atoms with Crippen molar-refractivity contribution in [1.29, 1.82) is 0 Å². The average Bonchev–Trinajstić information content (AvgIpc) is 3.08. The maximum Gasteiger partial charge on any atom is 0.325 e. The monoisotopic (exact) mass is 461 g/mol. The first-order chi connectivity index (χ1) is 16.4. The molecule has 1 N–H and O–H groups in total. The van der Waals surface area contributed by atoms with Gasteiger partial charge in [0.1, 0.15) is 11.4 Å². The lowest BCUT2D eigenvalue weighted by atomic mass is 9.74. The number of carbonyl (C=O) groups is 2. The highest BCUT2D eigenvalue weighted by Crippen LogP contribution is 2.37. The number of aryl methyl sites for hydroxylation is 1. The fraction of sp³-hybridized carbons (Fsp3) is 0.429. The Morgan fingerprint density at radius 1 is 1.06 bits per heavy atom. The summed E-state index contributed by atoms with van der Waals surface area (Å²) >= 11 is 0. The topological polar surface area (TPSA) is 52.7 Å². The van der Waals surface area contributed by atoms with E-state index in [1.807, 2.05) is 6.07 Å². The van der Waals surface area contributed by atoms with E-state index in [-0.39, 0.29) is 30.6 Å². The molecule has 2 aliphatic rings. The van der Waals surface area contributed by atoms with Crippen molar-refractivity contribution < 1.29 is 14.0 Å². The van der Waals surface area contributed by atoms with Crippen LogP contribution in [0.15, 0.2) is 48.5 Å². The van der Waals surface area contributed by atoms with E-state index in [1.165, 1.54) is 28.2 Å². The van der Waals surface area contributed by atoms with E-state index in [2.05, 4.69) is 53.2 Å². The molecule has 0 saturated carbocycles. The maximum absolute atomic E-state index is 13.9. The molecule has 1 unspecified atom stereocenters. The van der Waals surface area contributed by atoms with E-state index >= 15 is 0 Å². The molecule has 0 radical (unpaired) electrons. The molecule has 178 valence electrons. The van der Waals surface area contributed by atoms with Crippen LogP contribution in [0.3, 0.4) is 0 Å². The number of rotatable bonds is 7. The lowest BCUT2D eigenvalue weighted by molar-refractivity contribution is -0.133. The Hall–Kier alpha value is -3.17.